The van der Waals surface area contributed by atoms with E-state index >= 15 is 0 Å². The summed E-state index contributed by atoms with van der Waals surface area (Å²) in [6.45, 7) is 3.76. The van der Waals surface area contributed by atoms with Crippen molar-refractivity contribution < 1.29 is 27.7 Å². The highest BCUT2D eigenvalue weighted by Crippen LogP contribution is 2.39. The Morgan fingerprint density at radius 3 is 1.72 bits per heavy atom. The van der Waals surface area contributed by atoms with Gasteiger partial charge in [-0.3, -0.25) is 4.57 Å². The third kappa shape index (κ3) is 23.2. The molecule has 32 heavy (non-hydrogen) atoms. The van der Waals surface area contributed by atoms with Crippen LogP contribution in [0.25, 0.3) is 0 Å². The third-order valence-electron chi connectivity index (χ3n) is 5.50. The van der Waals surface area contributed by atoms with E-state index in [9.17, 15) is 9.46 Å². The molecule has 0 saturated heterocycles. The molecule has 2 atom stereocenters. The van der Waals surface area contributed by atoms with Gasteiger partial charge in [0.25, 0.3) is 7.82 Å². The normalized spacial score (nSPS) is 15.1. The SMILES string of the molecule is CCCCCCCCCCCCCCCCOCC(CN)OP(=O)([O-])OCC[N+](C)(C)C. The van der Waals surface area contributed by atoms with Crippen LogP contribution in [-0.2, 0) is 18.3 Å². The van der Waals surface area contributed by atoms with E-state index in [1.54, 1.807) is 0 Å². The second-order valence-corrected chi connectivity index (χ2v) is 11.3. The number of phosphoric ester groups is 1. The van der Waals surface area contributed by atoms with Gasteiger partial charge in [0.2, 0.25) is 0 Å². The zero-order chi connectivity index (χ0) is 24.1. The summed E-state index contributed by atoms with van der Waals surface area (Å²) in [5, 5.41) is 0. The van der Waals surface area contributed by atoms with Crippen molar-refractivity contribution in [3.8, 4) is 0 Å². The Morgan fingerprint density at radius 2 is 1.28 bits per heavy atom. The highest BCUT2D eigenvalue weighted by atomic mass is 31.2. The van der Waals surface area contributed by atoms with Crippen LogP contribution in [0, 0.1) is 0 Å². The predicted molar refractivity (Wildman–Crippen MR) is 132 cm³/mol. The van der Waals surface area contributed by atoms with Crippen molar-refractivity contribution in [2.45, 2.75) is 103 Å². The van der Waals surface area contributed by atoms with Crippen LogP contribution in [0.5, 0.6) is 0 Å². The molecule has 0 rings (SSSR count). The largest absolute Gasteiger partial charge is 0.756 e. The summed E-state index contributed by atoms with van der Waals surface area (Å²) in [6, 6.07) is 0. The van der Waals surface area contributed by atoms with Crippen molar-refractivity contribution in [2.24, 2.45) is 5.73 Å². The zero-order valence-corrected chi connectivity index (χ0v) is 22.4. The van der Waals surface area contributed by atoms with Gasteiger partial charge in [-0.1, -0.05) is 90.4 Å². The Kier molecular flexibility index (Phi) is 20.4. The molecule has 0 aliphatic rings. The van der Waals surface area contributed by atoms with Crippen LogP contribution in [0.2, 0.25) is 0 Å². The van der Waals surface area contributed by atoms with Gasteiger partial charge in [0.05, 0.1) is 27.7 Å². The topological polar surface area (TPSA) is 93.8 Å². The van der Waals surface area contributed by atoms with Crippen LogP contribution in [-0.4, -0.2) is 64.6 Å². The maximum atomic E-state index is 11.9. The van der Waals surface area contributed by atoms with Gasteiger partial charge in [-0.05, 0) is 6.42 Å². The smallest absolute Gasteiger partial charge is 0.268 e. The van der Waals surface area contributed by atoms with E-state index in [1.165, 1.54) is 77.0 Å². The van der Waals surface area contributed by atoms with Crippen molar-refractivity contribution in [3.63, 3.8) is 0 Å². The fourth-order valence-electron chi connectivity index (χ4n) is 3.39. The predicted octanol–water partition coefficient (Wildman–Crippen LogP) is 5.02. The lowest BCUT2D eigenvalue weighted by Gasteiger charge is -2.29. The second-order valence-electron chi connectivity index (χ2n) is 9.93. The number of hydrogen-bond acceptors (Lipinski definition) is 6. The minimum Gasteiger partial charge on any atom is -0.756 e. The number of likely N-dealkylation sites (N-methyl/N-ethyl adjacent to an activating group) is 1. The fraction of sp³-hybridized carbons (Fsp3) is 1.00. The fourth-order valence-corrected chi connectivity index (χ4v) is 4.27. The molecule has 0 spiro atoms. The van der Waals surface area contributed by atoms with E-state index in [4.69, 9.17) is 19.5 Å². The number of nitrogens with two attached hydrogens (primary N) is 1. The summed E-state index contributed by atoms with van der Waals surface area (Å²) in [7, 11) is 1.54. The number of hydrogen-bond donors (Lipinski definition) is 1. The van der Waals surface area contributed by atoms with Crippen LogP contribution < -0.4 is 10.6 Å². The minimum atomic E-state index is -4.36. The van der Waals surface area contributed by atoms with Crippen molar-refractivity contribution in [1.29, 1.82) is 0 Å². The van der Waals surface area contributed by atoms with Gasteiger partial charge in [0.15, 0.2) is 0 Å². The van der Waals surface area contributed by atoms with Gasteiger partial charge in [-0.25, -0.2) is 0 Å². The lowest BCUT2D eigenvalue weighted by molar-refractivity contribution is -0.870. The number of unbranched alkanes of at least 4 members (excludes halogenated alkanes) is 13. The summed E-state index contributed by atoms with van der Waals surface area (Å²) >= 11 is 0. The van der Waals surface area contributed by atoms with E-state index < -0.39 is 13.9 Å². The monoisotopic (exact) mass is 480 g/mol. The van der Waals surface area contributed by atoms with Gasteiger partial charge >= 0.3 is 0 Å². The van der Waals surface area contributed by atoms with Gasteiger partial charge < -0.3 is 28.9 Å². The van der Waals surface area contributed by atoms with Gasteiger partial charge in [-0.15, -0.1) is 0 Å². The van der Waals surface area contributed by atoms with E-state index in [0.717, 1.165) is 12.8 Å². The second kappa shape index (κ2) is 20.4. The maximum absolute atomic E-state index is 11.9. The summed E-state index contributed by atoms with van der Waals surface area (Å²) in [6.07, 6.45) is 17.7. The molecule has 7 nitrogen and oxygen atoms in total. The average Bonchev–Trinajstić information content (AvgIpc) is 2.71. The summed E-state index contributed by atoms with van der Waals surface area (Å²) in [4.78, 5) is 11.9. The van der Waals surface area contributed by atoms with Gasteiger partial charge in [-0.2, -0.15) is 0 Å². The Balaban J connectivity index is 3.55. The zero-order valence-electron chi connectivity index (χ0n) is 21.5. The molecule has 0 bridgehead atoms. The Morgan fingerprint density at radius 1 is 0.812 bits per heavy atom. The third-order valence-corrected chi connectivity index (χ3v) is 6.55. The van der Waals surface area contributed by atoms with Crippen LogP contribution in [0.3, 0.4) is 0 Å². The molecule has 194 valence electrons. The standard InChI is InChI=1S/C24H53N2O5P/c1-5-6-7-8-9-10-11-12-13-14-15-16-17-18-20-29-23-24(22-25)31-32(27,28)30-21-19-26(2,3)4/h24H,5-23,25H2,1-4H3. The first-order chi connectivity index (χ1) is 15.2. The molecule has 0 aromatic carbocycles. The summed E-state index contributed by atoms with van der Waals surface area (Å²) in [5.74, 6) is 0. The number of nitrogens with zero attached hydrogens (tertiary/aromatic N) is 1. The molecule has 0 fully saturated rings. The quantitative estimate of drug-likeness (QED) is 0.118. The molecule has 8 heteroatoms. The average molecular weight is 481 g/mol. The van der Waals surface area contributed by atoms with Crippen LogP contribution in [0.4, 0.5) is 0 Å². The van der Waals surface area contributed by atoms with Crippen LogP contribution in [0.15, 0.2) is 0 Å². The summed E-state index contributed by atoms with van der Waals surface area (Å²) in [5.41, 5.74) is 5.62. The highest BCUT2D eigenvalue weighted by molar-refractivity contribution is 7.45. The van der Waals surface area contributed by atoms with E-state index in [2.05, 4.69) is 6.92 Å². The molecule has 0 aliphatic heterocycles. The Labute approximate surface area is 198 Å². The molecular formula is C24H53N2O5P. The molecule has 2 N–H and O–H groups in total. The first-order valence-corrected chi connectivity index (χ1v) is 14.4. The first kappa shape index (κ1) is 32.0. The lowest BCUT2D eigenvalue weighted by atomic mass is 10.0. The van der Waals surface area contributed by atoms with E-state index in [0.29, 0.717) is 17.6 Å². The van der Waals surface area contributed by atoms with E-state index in [1.807, 2.05) is 21.1 Å². The van der Waals surface area contributed by atoms with E-state index in [-0.39, 0.29) is 19.8 Å². The van der Waals surface area contributed by atoms with Crippen molar-refractivity contribution in [3.05, 3.63) is 0 Å². The molecule has 0 aromatic heterocycles. The lowest BCUT2D eigenvalue weighted by Crippen LogP contribution is -2.38. The molecule has 0 aliphatic carbocycles. The number of quaternary nitrogens is 1. The number of ether oxygens (including phenoxy) is 1. The van der Waals surface area contributed by atoms with Gasteiger partial charge in [0, 0.05) is 13.2 Å². The molecule has 0 saturated carbocycles. The molecule has 0 aromatic rings. The van der Waals surface area contributed by atoms with Gasteiger partial charge in [0.1, 0.15) is 19.3 Å². The first-order valence-electron chi connectivity index (χ1n) is 12.9. The minimum absolute atomic E-state index is 0.0731. The van der Waals surface area contributed by atoms with Crippen LogP contribution in [0.1, 0.15) is 96.8 Å². The number of rotatable bonds is 24. The number of phosphoric acid groups is 1. The van der Waals surface area contributed by atoms with Crippen molar-refractivity contribution in [1.82, 2.24) is 0 Å². The van der Waals surface area contributed by atoms with Crippen LogP contribution >= 0.6 is 7.82 Å². The molecule has 0 amide bonds. The Hall–Kier alpha value is -0.0100. The summed E-state index contributed by atoms with van der Waals surface area (Å²) < 4.78 is 28.1. The molecule has 0 heterocycles. The molecule has 0 radical (unpaired) electrons. The molecular weight excluding hydrogens is 427 g/mol. The highest BCUT2D eigenvalue weighted by Gasteiger charge is 2.19. The maximum Gasteiger partial charge on any atom is 0.268 e. The molecule has 2 unspecified atom stereocenters. The Bertz CT molecular complexity index is 460. The van der Waals surface area contributed by atoms with Crippen molar-refractivity contribution >= 4 is 7.82 Å². The van der Waals surface area contributed by atoms with Crippen molar-refractivity contribution in [2.75, 3.05) is 54.1 Å².